The van der Waals surface area contributed by atoms with Gasteiger partial charge in [0, 0.05) is 18.7 Å². The Hall–Kier alpha value is -1.46. The van der Waals surface area contributed by atoms with Gasteiger partial charge in [-0.05, 0) is 71.1 Å². The molecular weight excluding hydrogens is 389 g/mol. The zero-order valence-electron chi connectivity index (χ0n) is 13.3. The van der Waals surface area contributed by atoms with Crippen LogP contribution in [0, 0.1) is 5.82 Å². The Bertz CT molecular complexity index is 731. The first-order valence-electron chi connectivity index (χ1n) is 8.09. The van der Waals surface area contributed by atoms with E-state index in [4.69, 9.17) is 17.0 Å². The number of benzene rings is 2. The van der Waals surface area contributed by atoms with Gasteiger partial charge in [0.05, 0.1) is 4.47 Å². The number of ether oxygens (including phenoxy) is 1. The molecule has 24 heavy (non-hydrogen) atoms. The molecule has 2 nitrogen and oxygen atoms in total. The lowest BCUT2D eigenvalue weighted by atomic mass is 10.1. The molecule has 0 N–H and O–H groups in total. The number of hydrogen-bond donors (Lipinski definition) is 0. The van der Waals surface area contributed by atoms with Gasteiger partial charge in [-0.15, -0.1) is 0 Å². The summed E-state index contributed by atoms with van der Waals surface area (Å²) in [7, 11) is 0. The zero-order chi connectivity index (χ0) is 16.9. The molecule has 3 rings (SSSR count). The number of rotatable bonds is 4. The minimum Gasteiger partial charge on any atom is -0.488 e. The van der Waals surface area contributed by atoms with E-state index >= 15 is 0 Å². The summed E-state index contributed by atoms with van der Waals surface area (Å²) >= 11 is 9.17. The minimum atomic E-state index is -0.252. The highest BCUT2D eigenvalue weighted by atomic mass is 79.9. The summed E-state index contributed by atoms with van der Waals surface area (Å²) in [6, 6.07) is 12.3. The number of thiocarbonyl (C=S) groups is 1. The summed E-state index contributed by atoms with van der Waals surface area (Å²) in [6.45, 7) is 2.40. The largest absolute Gasteiger partial charge is 0.488 e. The van der Waals surface area contributed by atoms with E-state index in [9.17, 15) is 4.39 Å². The molecule has 1 fully saturated rings. The molecule has 0 radical (unpaired) electrons. The Morgan fingerprint density at radius 3 is 2.62 bits per heavy atom. The van der Waals surface area contributed by atoms with Crippen molar-refractivity contribution in [3.05, 3.63) is 63.9 Å². The van der Waals surface area contributed by atoms with Crippen molar-refractivity contribution in [1.82, 2.24) is 4.90 Å². The van der Waals surface area contributed by atoms with Gasteiger partial charge in [-0.2, -0.15) is 0 Å². The molecule has 1 aliphatic rings. The summed E-state index contributed by atoms with van der Waals surface area (Å²) in [5.74, 6) is 0.474. The molecule has 1 saturated heterocycles. The zero-order valence-corrected chi connectivity index (χ0v) is 15.7. The highest BCUT2D eigenvalue weighted by Crippen LogP contribution is 2.28. The topological polar surface area (TPSA) is 12.5 Å². The molecule has 0 atom stereocenters. The molecule has 0 unspecified atom stereocenters. The molecule has 2 aromatic rings. The third kappa shape index (κ3) is 4.33. The van der Waals surface area contributed by atoms with E-state index in [2.05, 4.69) is 20.8 Å². The van der Waals surface area contributed by atoms with E-state index < -0.39 is 0 Å². The molecular formula is C19H19BrFNOS. The first-order valence-corrected chi connectivity index (χ1v) is 9.30. The number of halogens is 2. The molecule has 0 amide bonds. The lowest BCUT2D eigenvalue weighted by Gasteiger charge is -2.29. The molecule has 2 aromatic carbocycles. The molecule has 0 saturated carbocycles. The highest BCUT2D eigenvalue weighted by Gasteiger charge is 2.16. The maximum Gasteiger partial charge on any atom is 0.134 e. The van der Waals surface area contributed by atoms with Crippen LogP contribution in [0.1, 0.15) is 30.4 Å². The Morgan fingerprint density at radius 2 is 1.92 bits per heavy atom. The van der Waals surface area contributed by atoms with Crippen molar-refractivity contribution < 1.29 is 9.13 Å². The van der Waals surface area contributed by atoms with E-state index in [1.54, 1.807) is 6.07 Å². The fourth-order valence-electron chi connectivity index (χ4n) is 2.82. The second-order valence-corrected chi connectivity index (χ2v) is 7.16. The van der Waals surface area contributed by atoms with E-state index in [0.717, 1.165) is 39.4 Å². The van der Waals surface area contributed by atoms with Crippen LogP contribution in [0.2, 0.25) is 0 Å². The third-order valence-electron chi connectivity index (χ3n) is 4.11. The molecule has 1 heterocycles. The fraction of sp³-hybridized carbons (Fsp3) is 0.316. The highest BCUT2D eigenvalue weighted by molar-refractivity contribution is 9.10. The summed E-state index contributed by atoms with van der Waals surface area (Å²) in [4.78, 5) is 3.17. The quantitative estimate of drug-likeness (QED) is 0.635. The van der Waals surface area contributed by atoms with Crippen LogP contribution in [0.15, 0.2) is 46.9 Å². The molecule has 126 valence electrons. The van der Waals surface area contributed by atoms with E-state index in [0.29, 0.717) is 6.61 Å². The van der Waals surface area contributed by atoms with E-state index in [-0.39, 0.29) is 5.82 Å². The van der Waals surface area contributed by atoms with Gasteiger partial charge in [0.2, 0.25) is 0 Å². The first kappa shape index (κ1) is 17.4. The summed E-state index contributed by atoms with van der Waals surface area (Å²) in [6.07, 6.45) is 3.70. The van der Waals surface area contributed by atoms with Gasteiger partial charge in [-0.3, -0.25) is 0 Å². The monoisotopic (exact) mass is 407 g/mol. The van der Waals surface area contributed by atoms with Gasteiger partial charge in [0.15, 0.2) is 0 Å². The Labute approximate surface area is 155 Å². The molecule has 0 aliphatic carbocycles. The summed E-state index contributed by atoms with van der Waals surface area (Å²) in [5.41, 5.74) is 1.83. The van der Waals surface area contributed by atoms with Crippen molar-refractivity contribution >= 4 is 33.1 Å². The fourth-order valence-corrected chi connectivity index (χ4v) is 3.62. The van der Waals surface area contributed by atoms with Crippen LogP contribution in [0.3, 0.4) is 0 Å². The number of nitrogens with zero attached hydrogens (tertiary/aromatic N) is 1. The van der Waals surface area contributed by atoms with Gasteiger partial charge < -0.3 is 9.64 Å². The lowest BCUT2D eigenvalue weighted by Crippen LogP contribution is -2.34. The van der Waals surface area contributed by atoms with Crippen LogP contribution in [-0.4, -0.2) is 23.0 Å². The normalized spacial score (nSPS) is 14.5. The average Bonchev–Trinajstić information content (AvgIpc) is 2.61. The van der Waals surface area contributed by atoms with Crippen LogP contribution in [0.5, 0.6) is 5.75 Å². The Morgan fingerprint density at radius 1 is 1.12 bits per heavy atom. The minimum absolute atomic E-state index is 0.252. The number of likely N-dealkylation sites (tertiary alicyclic amines) is 1. The summed E-state index contributed by atoms with van der Waals surface area (Å²) < 4.78 is 19.9. The third-order valence-corrected chi connectivity index (χ3v) is 5.22. The molecule has 5 heteroatoms. The lowest BCUT2D eigenvalue weighted by molar-refractivity contribution is 0.303. The first-order chi connectivity index (χ1) is 11.6. The second-order valence-electron chi connectivity index (χ2n) is 5.92. The van der Waals surface area contributed by atoms with Crippen LogP contribution in [-0.2, 0) is 6.61 Å². The van der Waals surface area contributed by atoms with Crippen molar-refractivity contribution in [3.63, 3.8) is 0 Å². The van der Waals surface area contributed by atoms with Gasteiger partial charge in [0.25, 0.3) is 0 Å². The smallest absolute Gasteiger partial charge is 0.134 e. The standard InChI is InChI=1S/C19H19BrFNOS/c20-17-12-15(19(24)22-9-2-1-3-10-22)7-8-18(17)23-13-14-5-4-6-16(21)11-14/h4-8,11-12H,1-3,9-10,13H2. The van der Waals surface area contributed by atoms with E-state index in [1.807, 2.05) is 24.3 Å². The predicted octanol–water partition coefficient (Wildman–Crippen LogP) is 5.33. The molecule has 1 aliphatic heterocycles. The van der Waals surface area contributed by atoms with Crippen LogP contribution in [0.4, 0.5) is 4.39 Å². The number of piperidine rings is 1. The second kappa shape index (κ2) is 8.08. The van der Waals surface area contributed by atoms with Gasteiger partial charge >= 0.3 is 0 Å². The molecule has 0 bridgehead atoms. The van der Waals surface area contributed by atoms with Gasteiger partial charge in [-0.25, -0.2) is 4.39 Å². The van der Waals surface area contributed by atoms with Crippen molar-refractivity contribution in [2.75, 3.05) is 13.1 Å². The predicted molar refractivity (Wildman–Crippen MR) is 102 cm³/mol. The van der Waals surface area contributed by atoms with Crippen LogP contribution >= 0.6 is 28.1 Å². The molecule has 0 spiro atoms. The average molecular weight is 408 g/mol. The van der Waals surface area contributed by atoms with E-state index in [1.165, 1.54) is 31.4 Å². The SMILES string of the molecule is Fc1cccc(COc2ccc(C(=S)N3CCCCC3)cc2Br)c1. The van der Waals surface area contributed by atoms with Gasteiger partial charge in [0.1, 0.15) is 23.2 Å². The van der Waals surface area contributed by atoms with Crippen molar-refractivity contribution in [2.24, 2.45) is 0 Å². The maximum absolute atomic E-state index is 13.2. The van der Waals surface area contributed by atoms with Crippen LogP contribution < -0.4 is 4.74 Å². The molecule has 0 aromatic heterocycles. The summed E-state index contributed by atoms with van der Waals surface area (Å²) in [5, 5.41) is 0. The van der Waals surface area contributed by atoms with Crippen molar-refractivity contribution in [1.29, 1.82) is 0 Å². The Balaban J connectivity index is 1.67. The van der Waals surface area contributed by atoms with Crippen LogP contribution in [0.25, 0.3) is 0 Å². The number of hydrogen-bond acceptors (Lipinski definition) is 2. The maximum atomic E-state index is 13.2. The Kier molecular flexibility index (Phi) is 5.85. The van der Waals surface area contributed by atoms with Gasteiger partial charge in [-0.1, -0.05) is 24.4 Å². The van der Waals surface area contributed by atoms with Crippen molar-refractivity contribution in [2.45, 2.75) is 25.9 Å². The van der Waals surface area contributed by atoms with Crippen molar-refractivity contribution in [3.8, 4) is 5.75 Å².